The van der Waals surface area contributed by atoms with E-state index in [1.807, 2.05) is 24.3 Å². The lowest BCUT2D eigenvalue weighted by Crippen LogP contribution is -2.54. The third-order valence-corrected chi connectivity index (χ3v) is 5.56. The van der Waals surface area contributed by atoms with E-state index in [2.05, 4.69) is 53.7 Å². The SMILES string of the molecule is Cc1cc(N2CC(=O)N(c3ccc(C(C)C)c(C)c3)CC2=O)ccc1C(C)C. The molecule has 0 aromatic heterocycles. The Kier molecular flexibility index (Phi) is 5.59. The molecule has 3 rings (SSSR count). The van der Waals surface area contributed by atoms with Gasteiger partial charge < -0.3 is 9.80 Å². The lowest BCUT2D eigenvalue weighted by atomic mass is 9.97. The lowest BCUT2D eigenvalue weighted by Gasteiger charge is -2.34. The third-order valence-electron chi connectivity index (χ3n) is 5.56. The fourth-order valence-corrected chi connectivity index (χ4v) is 4.04. The molecule has 0 spiro atoms. The smallest absolute Gasteiger partial charge is 0.247 e. The number of hydrogen-bond donors (Lipinski definition) is 0. The monoisotopic (exact) mass is 378 g/mol. The zero-order valence-corrected chi connectivity index (χ0v) is 17.7. The average molecular weight is 379 g/mol. The number of anilines is 2. The molecule has 0 radical (unpaired) electrons. The van der Waals surface area contributed by atoms with E-state index in [4.69, 9.17) is 0 Å². The van der Waals surface area contributed by atoms with E-state index >= 15 is 0 Å². The summed E-state index contributed by atoms with van der Waals surface area (Å²) in [4.78, 5) is 28.9. The molecular weight excluding hydrogens is 348 g/mol. The molecule has 0 N–H and O–H groups in total. The van der Waals surface area contributed by atoms with Gasteiger partial charge in [0.25, 0.3) is 0 Å². The first-order valence-electron chi connectivity index (χ1n) is 10.0. The van der Waals surface area contributed by atoms with E-state index < -0.39 is 0 Å². The average Bonchev–Trinajstić information content (AvgIpc) is 2.62. The number of hydrogen-bond acceptors (Lipinski definition) is 2. The van der Waals surface area contributed by atoms with E-state index in [9.17, 15) is 9.59 Å². The zero-order valence-electron chi connectivity index (χ0n) is 17.7. The summed E-state index contributed by atoms with van der Waals surface area (Å²) in [5, 5.41) is 0. The van der Waals surface area contributed by atoms with Gasteiger partial charge in [0.15, 0.2) is 0 Å². The van der Waals surface area contributed by atoms with E-state index in [1.165, 1.54) is 11.1 Å². The summed E-state index contributed by atoms with van der Waals surface area (Å²) >= 11 is 0. The Morgan fingerprint density at radius 2 is 1.04 bits per heavy atom. The van der Waals surface area contributed by atoms with Gasteiger partial charge in [-0.3, -0.25) is 9.59 Å². The summed E-state index contributed by atoms with van der Waals surface area (Å²) in [6, 6.07) is 12.0. The highest BCUT2D eigenvalue weighted by atomic mass is 16.2. The van der Waals surface area contributed by atoms with Gasteiger partial charge in [-0.2, -0.15) is 0 Å². The topological polar surface area (TPSA) is 40.6 Å². The number of amides is 2. The van der Waals surface area contributed by atoms with E-state index in [0.717, 1.165) is 22.5 Å². The fourth-order valence-electron chi connectivity index (χ4n) is 4.04. The number of carbonyl (C=O) groups excluding carboxylic acids is 2. The minimum atomic E-state index is -0.0538. The van der Waals surface area contributed by atoms with Crippen molar-refractivity contribution in [1.82, 2.24) is 0 Å². The maximum atomic E-state index is 12.8. The Balaban J connectivity index is 1.83. The van der Waals surface area contributed by atoms with Crippen molar-refractivity contribution in [3.63, 3.8) is 0 Å². The van der Waals surface area contributed by atoms with E-state index in [-0.39, 0.29) is 24.9 Å². The van der Waals surface area contributed by atoms with Crippen LogP contribution in [0.2, 0.25) is 0 Å². The van der Waals surface area contributed by atoms with Gasteiger partial charge in [-0.1, -0.05) is 39.8 Å². The molecule has 1 heterocycles. The number of nitrogens with zero attached hydrogens (tertiary/aromatic N) is 2. The van der Waals surface area contributed by atoms with Crippen LogP contribution < -0.4 is 9.80 Å². The first-order valence-corrected chi connectivity index (χ1v) is 10.0. The van der Waals surface area contributed by atoms with Crippen LogP contribution in [0, 0.1) is 13.8 Å². The van der Waals surface area contributed by atoms with Crippen molar-refractivity contribution < 1.29 is 9.59 Å². The van der Waals surface area contributed by atoms with Crippen molar-refractivity contribution in [3.05, 3.63) is 58.7 Å². The molecule has 2 aromatic rings. The Bertz CT molecular complexity index is 839. The first-order chi connectivity index (χ1) is 13.2. The summed E-state index contributed by atoms with van der Waals surface area (Å²) < 4.78 is 0. The molecule has 1 saturated heterocycles. The molecule has 28 heavy (non-hydrogen) atoms. The van der Waals surface area contributed by atoms with Crippen LogP contribution in [-0.4, -0.2) is 24.9 Å². The fraction of sp³-hybridized carbons (Fsp3) is 0.417. The van der Waals surface area contributed by atoms with Gasteiger partial charge in [0.1, 0.15) is 13.1 Å². The van der Waals surface area contributed by atoms with Crippen LogP contribution in [-0.2, 0) is 9.59 Å². The van der Waals surface area contributed by atoms with Crippen LogP contribution in [0.1, 0.15) is 61.8 Å². The summed E-state index contributed by atoms with van der Waals surface area (Å²) in [6.07, 6.45) is 0. The predicted octanol–water partition coefficient (Wildman–Crippen LogP) is 4.93. The molecule has 0 unspecified atom stereocenters. The van der Waals surface area contributed by atoms with Crippen LogP contribution in [0.3, 0.4) is 0 Å². The highest BCUT2D eigenvalue weighted by molar-refractivity contribution is 6.12. The second kappa shape index (κ2) is 7.78. The van der Waals surface area contributed by atoms with Gasteiger partial charge in [-0.05, 0) is 72.2 Å². The molecule has 1 aliphatic heterocycles. The van der Waals surface area contributed by atoms with Crippen molar-refractivity contribution in [2.24, 2.45) is 0 Å². The number of benzene rings is 2. The molecule has 2 aromatic carbocycles. The number of aryl methyl sites for hydroxylation is 2. The van der Waals surface area contributed by atoms with Crippen LogP contribution in [0.4, 0.5) is 11.4 Å². The first kappa shape index (κ1) is 20.1. The Hall–Kier alpha value is -2.62. The molecule has 148 valence electrons. The van der Waals surface area contributed by atoms with Gasteiger partial charge in [-0.15, -0.1) is 0 Å². The third kappa shape index (κ3) is 3.82. The van der Waals surface area contributed by atoms with E-state index in [0.29, 0.717) is 11.8 Å². The number of carbonyl (C=O) groups is 2. The standard InChI is InChI=1S/C24H30N2O2/c1-15(2)21-9-7-19(11-17(21)5)25-13-24(28)26(14-23(25)27)20-8-10-22(16(3)4)18(6)12-20/h7-12,15-16H,13-14H2,1-6H3. The molecule has 2 amide bonds. The second-order valence-electron chi connectivity index (χ2n) is 8.35. The summed E-state index contributed by atoms with van der Waals surface area (Å²) in [6.45, 7) is 12.9. The molecule has 0 atom stereocenters. The van der Waals surface area contributed by atoms with Gasteiger partial charge >= 0.3 is 0 Å². The van der Waals surface area contributed by atoms with Crippen molar-refractivity contribution in [2.75, 3.05) is 22.9 Å². The summed E-state index contributed by atoms with van der Waals surface area (Å²) in [7, 11) is 0. The van der Waals surface area contributed by atoms with Crippen molar-refractivity contribution in [1.29, 1.82) is 0 Å². The van der Waals surface area contributed by atoms with Crippen LogP contribution in [0.25, 0.3) is 0 Å². The molecule has 1 fully saturated rings. The van der Waals surface area contributed by atoms with Crippen LogP contribution >= 0.6 is 0 Å². The Labute approximate surface area is 168 Å². The minimum Gasteiger partial charge on any atom is -0.301 e. The maximum absolute atomic E-state index is 12.8. The highest BCUT2D eigenvalue weighted by Gasteiger charge is 2.32. The molecule has 0 saturated carbocycles. The molecule has 0 bridgehead atoms. The van der Waals surface area contributed by atoms with Gasteiger partial charge in [0, 0.05) is 11.4 Å². The highest BCUT2D eigenvalue weighted by Crippen LogP contribution is 2.29. The number of piperazine rings is 1. The molecular formula is C24H30N2O2. The maximum Gasteiger partial charge on any atom is 0.247 e. The largest absolute Gasteiger partial charge is 0.301 e. The van der Waals surface area contributed by atoms with Crippen LogP contribution in [0.5, 0.6) is 0 Å². The van der Waals surface area contributed by atoms with Crippen molar-refractivity contribution in [3.8, 4) is 0 Å². The molecule has 4 heteroatoms. The normalized spacial score (nSPS) is 15.1. The molecule has 4 nitrogen and oxygen atoms in total. The molecule has 1 aliphatic rings. The quantitative estimate of drug-likeness (QED) is 0.757. The van der Waals surface area contributed by atoms with Crippen molar-refractivity contribution in [2.45, 2.75) is 53.4 Å². The predicted molar refractivity (Wildman–Crippen MR) is 115 cm³/mol. The molecule has 0 aliphatic carbocycles. The number of rotatable bonds is 4. The van der Waals surface area contributed by atoms with E-state index in [1.54, 1.807) is 9.80 Å². The lowest BCUT2D eigenvalue weighted by molar-refractivity contribution is -0.125. The summed E-state index contributed by atoms with van der Waals surface area (Å²) in [5.41, 5.74) is 6.42. The van der Waals surface area contributed by atoms with Crippen molar-refractivity contribution >= 4 is 23.2 Å². The zero-order chi connectivity index (χ0) is 20.6. The van der Waals surface area contributed by atoms with Gasteiger partial charge in [0.05, 0.1) is 0 Å². The van der Waals surface area contributed by atoms with Crippen LogP contribution in [0.15, 0.2) is 36.4 Å². The van der Waals surface area contributed by atoms with Gasteiger partial charge in [0.2, 0.25) is 11.8 Å². The second-order valence-corrected chi connectivity index (χ2v) is 8.35. The van der Waals surface area contributed by atoms with Gasteiger partial charge in [-0.25, -0.2) is 0 Å². The Morgan fingerprint density at radius 1 is 0.679 bits per heavy atom. The Morgan fingerprint density at radius 3 is 1.32 bits per heavy atom. The minimum absolute atomic E-state index is 0.0538. The summed E-state index contributed by atoms with van der Waals surface area (Å²) in [5.74, 6) is 0.754.